The minimum absolute atomic E-state index is 0.149. The van der Waals surface area contributed by atoms with E-state index in [9.17, 15) is 14.7 Å². The number of ether oxygens (including phenoxy) is 1. The molecule has 0 spiro atoms. The number of hydrogen-bond donors (Lipinski definition) is 3. The highest BCUT2D eigenvalue weighted by Gasteiger charge is 2.04. The fourth-order valence-corrected chi connectivity index (χ4v) is 3.19. The molecule has 30 heavy (non-hydrogen) atoms. The van der Waals surface area contributed by atoms with Gasteiger partial charge in [-0.1, -0.05) is 71.1 Å². The molecule has 3 N–H and O–H groups in total. The Bertz CT molecular complexity index is 575. The topological polar surface area (TPSA) is 87.7 Å². The third-order valence-electron chi connectivity index (χ3n) is 4.98. The lowest BCUT2D eigenvalue weighted by Crippen LogP contribution is -2.30. The van der Waals surface area contributed by atoms with Crippen molar-refractivity contribution >= 4 is 17.7 Å². The summed E-state index contributed by atoms with van der Waals surface area (Å²) in [6, 6.07) is 5.92. The van der Waals surface area contributed by atoms with Gasteiger partial charge >= 0.3 is 12.0 Å². The van der Waals surface area contributed by atoms with Gasteiger partial charge in [0, 0.05) is 18.7 Å². The number of amides is 2. The summed E-state index contributed by atoms with van der Waals surface area (Å²) in [5.74, 6) is -0.00425. The molecule has 6 nitrogen and oxygen atoms in total. The summed E-state index contributed by atoms with van der Waals surface area (Å²) in [5.41, 5.74) is 0.601. The summed E-state index contributed by atoms with van der Waals surface area (Å²) in [5, 5.41) is 14.6. The molecule has 170 valence electrons. The minimum Gasteiger partial charge on any atom is -0.508 e. The molecule has 0 heterocycles. The summed E-state index contributed by atoms with van der Waals surface area (Å²) < 4.78 is 5.21. The Hall–Kier alpha value is -2.24. The van der Waals surface area contributed by atoms with Crippen LogP contribution < -0.4 is 10.6 Å². The minimum atomic E-state index is -0.326. The lowest BCUT2D eigenvalue weighted by Gasteiger charge is -2.08. The smallest absolute Gasteiger partial charge is 0.319 e. The van der Waals surface area contributed by atoms with Gasteiger partial charge in [0.2, 0.25) is 0 Å². The summed E-state index contributed by atoms with van der Waals surface area (Å²) >= 11 is 0. The summed E-state index contributed by atoms with van der Waals surface area (Å²) in [4.78, 5) is 23.5. The van der Waals surface area contributed by atoms with Gasteiger partial charge in [0.25, 0.3) is 0 Å². The SMILES string of the molecule is CCCCCCCCCCCCCC(=O)OCCCNC(=O)Nc1ccc(O)cc1. The number of rotatable bonds is 17. The molecule has 0 saturated carbocycles. The number of carbonyl (C=O) groups excluding carboxylic acids is 2. The van der Waals surface area contributed by atoms with Crippen LogP contribution in [0.1, 0.15) is 90.4 Å². The van der Waals surface area contributed by atoms with Crippen LogP contribution in [0.5, 0.6) is 5.75 Å². The first kappa shape index (κ1) is 25.8. The number of aromatic hydroxyl groups is 1. The third-order valence-corrected chi connectivity index (χ3v) is 4.98. The summed E-state index contributed by atoms with van der Waals surface area (Å²) in [6.45, 7) is 2.99. The fraction of sp³-hybridized carbons (Fsp3) is 0.667. The lowest BCUT2D eigenvalue weighted by atomic mass is 10.1. The molecule has 0 radical (unpaired) electrons. The zero-order valence-electron chi connectivity index (χ0n) is 18.6. The van der Waals surface area contributed by atoms with Crippen LogP contribution >= 0.6 is 0 Å². The molecular weight excluding hydrogens is 380 g/mol. The molecule has 0 aliphatic heterocycles. The molecule has 1 rings (SSSR count). The standard InChI is InChI=1S/C24H40N2O4/c1-2-3-4-5-6-7-8-9-10-11-12-14-23(28)30-20-13-19-25-24(29)26-21-15-17-22(27)18-16-21/h15-18,27H,2-14,19-20H2,1H3,(H2,25,26,29). The van der Waals surface area contributed by atoms with Crippen LogP contribution in [0.4, 0.5) is 10.5 Å². The van der Waals surface area contributed by atoms with Gasteiger partial charge < -0.3 is 20.5 Å². The highest BCUT2D eigenvalue weighted by atomic mass is 16.5. The average molecular weight is 421 g/mol. The number of hydrogen-bond acceptors (Lipinski definition) is 4. The van der Waals surface area contributed by atoms with E-state index in [1.54, 1.807) is 12.1 Å². The molecule has 0 saturated heterocycles. The first-order valence-corrected chi connectivity index (χ1v) is 11.6. The van der Waals surface area contributed by atoms with Crippen LogP contribution in [0.2, 0.25) is 0 Å². The van der Waals surface area contributed by atoms with Gasteiger partial charge in [-0.3, -0.25) is 4.79 Å². The van der Waals surface area contributed by atoms with Crippen LogP contribution in [0, 0.1) is 0 Å². The quantitative estimate of drug-likeness (QED) is 0.160. The first-order valence-electron chi connectivity index (χ1n) is 11.6. The molecular formula is C24H40N2O4. The van der Waals surface area contributed by atoms with E-state index in [1.807, 2.05) is 0 Å². The number of unbranched alkanes of at least 4 members (excludes halogenated alkanes) is 10. The Morgan fingerprint density at radius 3 is 2.00 bits per heavy atom. The highest BCUT2D eigenvalue weighted by molar-refractivity contribution is 5.89. The van der Waals surface area contributed by atoms with Crippen LogP contribution in [0.3, 0.4) is 0 Å². The maximum Gasteiger partial charge on any atom is 0.319 e. The van der Waals surface area contributed by atoms with Crippen molar-refractivity contribution in [2.75, 3.05) is 18.5 Å². The van der Waals surface area contributed by atoms with Crippen LogP contribution in [-0.2, 0) is 9.53 Å². The molecule has 0 aliphatic carbocycles. The Balaban J connectivity index is 1.87. The molecule has 0 aromatic heterocycles. The van der Waals surface area contributed by atoms with Crippen molar-refractivity contribution in [3.05, 3.63) is 24.3 Å². The zero-order valence-corrected chi connectivity index (χ0v) is 18.6. The summed E-state index contributed by atoms with van der Waals surface area (Å²) in [7, 11) is 0. The van der Waals surface area contributed by atoms with Gasteiger partial charge in [0.05, 0.1) is 6.61 Å². The van der Waals surface area contributed by atoms with Gasteiger partial charge in [-0.25, -0.2) is 4.79 Å². The second-order valence-electron chi connectivity index (χ2n) is 7.79. The molecule has 6 heteroatoms. The van der Waals surface area contributed by atoms with E-state index in [0.717, 1.165) is 12.8 Å². The summed E-state index contributed by atoms with van der Waals surface area (Å²) in [6.07, 6.45) is 14.9. The van der Waals surface area contributed by atoms with Crippen molar-refractivity contribution in [1.82, 2.24) is 5.32 Å². The molecule has 0 unspecified atom stereocenters. The maximum absolute atomic E-state index is 11.7. The number of esters is 1. The first-order chi connectivity index (χ1) is 14.6. The van der Waals surface area contributed by atoms with E-state index in [1.165, 1.54) is 69.9 Å². The van der Waals surface area contributed by atoms with Crippen LogP contribution in [-0.4, -0.2) is 30.3 Å². The second-order valence-corrected chi connectivity index (χ2v) is 7.79. The normalized spacial score (nSPS) is 10.6. The lowest BCUT2D eigenvalue weighted by molar-refractivity contribution is -0.143. The fourth-order valence-electron chi connectivity index (χ4n) is 3.19. The predicted octanol–water partition coefficient (Wildman–Crippen LogP) is 6.15. The van der Waals surface area contributed by atoms with Crippen molar-refractivity contribution in [3.8, 4) is 5.75 Å². The van der Waals surface area contributed by atoms with Crippen molar-refractivity contribution in [1.29, 1.82) is 0 Å². The number of carbonyl (C=O) groups is 2. The largest absolute Gasteiger partial charge is 0.508 e. The van der Waals surface area contributed by atoms with Crippen molar-refractivity contribution in [2.45, 2.75) is 90.4 Å². The number of anilines is 1. The zero-order chi connectivity index (χ0) is 21.9. The van der Waals surface area contributed by atoms with E-state index in [0.29, 0.717) is 31.7 Å². The van der Waals surface area contributed by atoms with Gasteiger partial charge in [0.1, 0.15) is 5.75 Å². The molecule has 0 fully saturated rings. The van der Waals surface area contributed by atoms with Gasteiger partial charge in [0.15, 0.2) is 0 Å². The van der Waals surface area contributed by atoms with Crippen molar-refractivity contribution in [3.63, 3.8) is 0 Å². The molecule has 2 amide bonds. The molecule has 1 aromatic rings. The number of phenols is 1. The average Bonchev–Trinajstić information content (AvgIpc) is 2.73. The van der Waals surface area contributed by atoms with Crippen molar-refractivity contribution in [2.24, 2.45) is 0 Å². The number of benzene rings is 1. The van der Waals surface area contributed by atoms with Crippen LogP contribution in [0.15, 0.2) is 24.3 Å². The Morgan fingerprint density at radius 1 is 0.833 bits per heavy atom. The Labute approximate surface area is 181 Å². The highest BCUT2D eigenvalue weighted by Crippen LogP contribution is 2.13. The van der Waals surface area contributed by atoms with E-state index in [-0.39, 0.29) is 17.7 Å². The van der Waals surface area contributed by atoms with E-state index in [2.05, 4.69) is 17.6 Å². The monoisotopic (exact) mass is 420 g/mol. The number of urea groups is 1. The maximum atomic E-state index is 11.7. The molecule has 1 aromatic carbocycles. The number of nitrogens with one attached hydrogen (secondary N) is 2. The molecule has 0 bridgehead atoms. The Morgan fingerprint density at radius 2 is 1.40 bits per heavy atom. The van der Waals surface area contributed by atoms with E-state index < -0.39 is 0 Å². The van der Waals surface area contributed by atoms with E-state index >= 15 is 0 Å². The van der Waals surface area contributed by atoms with Gasteiger partial charge in [-0.2, -0.15) is 0 Å². The molecule has 0 aliphatic rings. The molecule has 0 atom stereocenters. The van der Waals surface area contributed by atoms with Gasteiger partial charge in [-0.05, 0) is 37.1 Å². The predicted molar refractivity (Wildman–Crippen MR) is 122 cm³/mol. The third kappa shape index (κ3) is 14.7. The van der Waals surface area contributed by atoms with Gasteiger partial charge in [-0.15, -0.1) is 0 Å². The number of phenolic OH excluding ortho intramolecular Hbond substituents is 1. The van der Waals surface area contributed by atoms with Crippen molar-refractivity contribution < 1.29 is 19.4 Å². The second kappa shape index (κ2) is 17.6. The van der Waals surface area contributed by atoms with Crippen LogP contribution in [0.25, 0.3) is 0 Å². The van der Waals surface area contributed by atoms with E-state index in [4.69, 9.17) is 4.74 Å². The Kier molecular flexibility index (Phi) is 15.1.